The van der Waals surface area contributed by atoms with Crippen LogP contribution in [0.4, 0.5) is 39.5 Å². The van der Waals surface area contributed by atoms with E-state index in [0.717, 1.165) is 0 Å². The molecule has 1 heterocycles. The van der Waals surface area contributed by atoms with E-state index in [1.165, 1.54) is 0 Å². The fourth-order valence-corrected chi connectivity index (χ4v) is 1.79. The summed E-state index contributed by atoms with van der Waals surface area (Å²) in [6, 6.07) is -0.268. The first-order valence-corrected chi connectivity index (χ1v) is 5.40. The largest absolute Gasteiger partial charge is 0.417 e. The Morgan fingerprint density at radius 2 is 1.35 bits per heavy atom. The van der Waals surface area contributed by atoms with Crippen molar-refractivity contribution < 1.29 is 39.5 Å². The van der Waals surface area contributed by atoms with Gasteiger partial charge in [0, 0.05) is 10.7 Å². The zero-order valence-corrected chi connectivity index (χ0v) is 10.5. The van der Waals surface area contributed by atoms with Crippen molar-refractivity contribution in [3.8, 4) is 0 Å². The molecule has 1 rings (SSSR count). The molecule has 0 saturated heterocycles. The van der Waals surface area contributed by atoms with Gasteiger partial charge in [0.1, 0.15) is 0 Å². The molecule has 11 heteroatoms. The van der Waals surface area contributed by atoms with Crippen LogP contribution in [0, 0.1) is 0 Å². The minimum atomic E-state index is -5.80. The summed E-state index contributed by atoms with van der Waals surface area (Å²) in [4.78, 5) is 2.80. The van der Waals surface area contributed by atoms with Crippen molar-refractivity contribution in [2.75, 3.05) is 0 Å². The number of nitrogens with zero attached hydrogens (tertiary/aromatic N) is 1. The van der Waals surface area contributed by atoms with Crippen molar-refractivity contribution >= 4 is 15.9 Å². The maximum absolute atomic E-state index is 12.5. The molecule has 0 fully saturated rings. The van der Waals surface area contributed by atoms with E-state index in [1.54, 1.807) is 0 Å². The van der Waals surface area contributed by atoms with Gasteiger partial charge in [0.25, 0.3) is 0 Å². The van der Waals surface area contributed by atoms with Gasteiger partial charge in [-0.2, -0.15) is 39.5 Å². The molecule has 1 aromatic heterocycles. The van der Waals surface area contributed by atoms with Crippen LogP contribution in [0.3, 0.4) is 0 Å². The van der Waals surface area contributed by atoms with Gasteiger partial charge in [-0.1, -0.05) is 0 Å². The highest BCUT2D eigenvalue weighted by Crippen LogP contribution is 2.47. The lowest BCUT2D eigenvalue weighted by molar-refractivity contribution is -0.254. The first-order valence-electron chi connectivity index (χ1n) is 4.60. The molecule has 114 valence electrons. The summed E-state index contributed by atoms with van der Waals surface area (Å²) in [6.07, 6.45) is -16.5. The molecule has 1 aromatic rings. The van der Waals surface area contributed by atoms with E-state index < -0.39 is 40.2 Å². The highest BCUT2D eigenvalue weighted by atomic mass is 79.9. The SMILES string of the molecule is FC(F)(F)c1cc(C(C(F)(F)F)C(F)(F)F)ncc1Br. The third kappa shape index (κ3) is 3.76. The zero-order valence-electron chi connectivity index (χ0n) is 8.96. The van der Waals surface area contributed by atoms with E-state index in [9.17, 15) is 39.5 Å². The lowest BCUT2D eigenvalue weighted by Crippen LogP contribution is -2.35. The second-order valence-corrected chi connectivity index (χ2v) is 4.46. The molecular weight excluding hydrogens is 373 g/mol. The minimum Gasteiger partial charge on any atom is -0.259 e. The monoisotopic (exact) mass is 375 g/mol. The van der Waals surface area contributed by atoms with Crippen LogP contribution in [-0.2, 0) is 6.18 Å². The van der Waals surface area contributed by atoms with Crippen LogP contribution in [0.5, 0.6) is 0 Å². The quantitative estimate of drug-likeness (QED) is 0.624. The smallest absolute Gasteiger partial charge is 0.259 e. The topological polar surface area (TPSA) is 12.9 Å². The van der Waals surface area contributed by atoms with Crippen LogP contribution in [0.1, 0.15) is 17.2 Å². The van der Waals surface area contributed by atoms with Crippen molar-refractivity contribution in [2.45, 2.75) is 24.4 Å². The summed E-state index contributed by atoms with van der Waals surface area (Å²) in [5, 5.41) is 0. The summed E-state index contributed by atoms with van der Waals surface area (Å²) in [5.74, 6) is -4.08. The van der Waals surface area contributed by atoms with Crippen LogP contribution in [0.25, 0.3) is 0 Å². The van der Waals surface area contributed by atoms with Gasteiger partial charge in [-0.25, -0.2) is 0 Å². The van der Waals surface area contributed by atoms with Gasteiger partial charge < -0.3 is 0 Å². The van der Waals surface area contributed by atoms with Crippen LogP contribution in [0.2, 0.25) is 0 Å². The molecule has 1 nitrogen and oxygen atoms in total. The molecule has 0 aliphatic rings. The molecule has 0 unspecified atom stereocenters. The van der Waals surface area contributed by atoms with E-state index in [2.05, 4.69) is 20.9 Å². The van der Waals surface area contributed by atoms with Gasteiger partial charge in [-0.15, -0.1) is 0 Å². The Labute approximate surface area is 113 Å². The first-order chi connectivity index (χ1) is 8.74. The van der Waals surface area contributed by atoms with Crippen molar-refractivity contribution in [3.63, 3.8) is 0 Å². The Hall–Kier alpha value is -1.00. The standard InChI is InChI=1S/C9H3BrF9N/c10-4-2-20-5(1-3(4)7(11,12)13)6(8(14,15)16)9(17,18)19/h1-2,6H. The number of rotatable bonds is 1. The molecule has 0 aromatic carbocycles. The first kappa shape index (κ1) is 17.1. The zero-order chi connectivity index (χ0) is 15.9. The van der Waals surface area contributed by atoms with Crippen molar-refractivity contribution in [3.05, 3.63) is 28.0 Å². The molecule has 0 amide bonds. The number of aromatic nitrogens is 1. The summed E-state index contributed by atoms with van der Waals surface area (Å²) >= 11 is 2.37. The van der Waals surface area contributed by atoms with Gasteiger partial charge in [-0.05, 0) is 22.0 Å². The van der Waals surface area contributed by atoms with Crippen LogP contribution < -0.4 is 0 Å². The average Bonchev–Trinajstić information content (AvgIpc) is 2.14. The van der Waals surface area contributed by atoms with Gasteiger partial charge in [0.15, 0.2) is 5.92 Å². The third-order valence-corrected chi connectivity index (χ3v) is 2.76. The van der Waals surface area contributed by atoms with Gasteiger partial charge in [0.2, 0.25) is 0 Å². The van der Waals surface area contributed by atoms with Crippen LogP contribution in [0.15, 0.2) is 16.7 Å². The van der Waals surface area contributed by atoms with Crippen molar-refractivity contribution in [1.82, 2.24) is 4.98 Å². The van der Waals surface area contributed by atoms with E-state index >= 15 is 0 Å². The van der Waals surface area contributed by atoms with E-state index in [-0.39, 0.29) is 12.3 Å². The Kier molecular flexibility index (Phi) is 4.33. The molecule has 0 radical (unpaired) electrons. The molecule has 0 aliphatic carbocycles. The number of pyridine rings is 1. The van der Waals surface area contributed by atoms with Gasteiger partial charge >= 0.3 is 18.5 Å². The third-order valence-electron chi connectivity index (χ3n) is 2.13. The molecule has 0 bridgehead atoms. The molecule has 0 aliphatic heterocycles. The Morgan fingerprint density at radius 1 is 0.900 bits per heavy atom. The van der Waals surface area contributed by atoms with Gasteiger partial charge in [-0.3, -0.25) is 4.98 Å². The average molecular weight is 376 g/mol. The highest BCUT2D eigenvalue weighted by Gasteiger charge is 2.58. The Morgan fingerprint density at radius 3 is 1.70 bits per heavy atom. The summed E-state index contributed by atoms with van der Waals surface area (Å²) in [6.45, 7) is 0. The van der Waals surface area contributed by atoms with Crippen molar-refractivity contribution in [2.24, 2.45) is 0 Å². The predicted molar refractivity (Wildman–Crippen MR) is 51.8 cm³/mol. The van der Waals surface area contributed by atoms with Crippen molar-refractivity contribution in [1.29, 1.82) is 0 Å². The summed E-state index contributed by atoms with van der Waals surface area (Å²) < 4.78 is 111. The van der Waals surface area contributed by atoms with Gasteiger partial charge in [0.05, 0.1) is 11.3 Å². The second kappa shape index (κ2) is 5.08. The number of hydrogen-bond donors (Lipinski definition) is 0. The fourth-order valence-electron chi connectivity index (χ4n) is 1.35. The molecular formula is C9H3BrF9N. The summed E-state index contributed by atoms with van der Waals surface area (Å²) in [5.41, 5.74) is -3.43. The maximum Gasteiger partial charge on any atom is 0.417 e. The van der Waals surface area contributed by atoms with Crippen LogP contribution in [-0.4, -0.2) is 17.3 Å². The highest BCUT2D eigenvalue weighted by molar-refractivity contribution is 9.10. The predicted octanol–water partition coefficient (Wildman–Crippen LogP) is 5.07. The normalized spacial score (nSPS) is 13.9. The Balaban J connectivity index is 3.45. The molecule has 0 saturated carbocycles. The lowest BCUT2D eigenvalue weighted by Gasteiger charge is -2.23. The molecule has 20 heavy (non-hydrogen) atoms. The number of alkyl halides is 9. The lowest BCUT2D eigenvalue weighted by atomic mass is 10.0. The molecule has 0 N–H and O–H groups in total. The Bertz CT molecular complexity index is 474. The minimum absolute atomic E-state index is 0.253. The molecule has 0 spiro atoms. The number of hydrogen-bond acceptors (Lipinski definition) is 1. The second-order valence-electron chi connectivity index (χ2n) is 3.60. The number of halogens is 10. The van der Waals surface area contributed by atoms with E-state index in [0.29, 0.717) is 0 Å². The fraction of sp³-hybridized carbons (Fsp3) is 0.444. The summed E-state index contributed by atoms with van der Waals surface area (Å²) in [7, 11) is 0. The molecule has 0 atom stereocenters. The maximum atomic E-state index is 12.5. The van der Waals surface area contributed by atoms with Crippen LogP contribution >= 0.6 is 15.9 Å². The van der Waals surface area contributed by atoms with E-state index in [1.807, 2.05) is 0 Å². The van der Waals surface area contributed by atoms with E-state index in [4.69, 9.17) is 0 Å².